The number of halogens is 1. The van der Waals surface area contributed by atoms with E-state index < -0.39 is 6.64 Å². The van der Waals surface area contributed by atoms with E-state index in [1.807, 2.05) is 4.08 Å². The first-order valence-corrected chi connectivity index (χ1v) is 9.39. The molecule has 0 spiro atoms. The zero-order valence-corrected chi connectivity index (χ0v) is 11.6. The molecule has 0 N–H and O–H groups in total. The Kier molecular flexibility index (Phi) is 5.79. The lowest BCUT2D eigenvalue weighted by Crippen LogP contribution is -2.20. The van der Waals surface area contributed by atoms with Crippen molar-refractivity contribution in [2.24, 2.45) is 0 Å². The van der Waals surface area contributed by atoms with Crippen molar-refractivity contribution in [2.45, 2.75) is 19.8 Å². The fourth-order valence-corrected chi connectivity index (χ4v) is 7.04. The first kappa shape index (κ1) is 12.4. The molecule has 0 aromatic rings. The lowest BCUT2D eigenvalue weighted by atomic mass is 10.5. The van der Waals surface area contributed by atoms with Crippen LogP contribution in [0.3, 0.4) is 0 Å². The highest BCUT2D eigenvalue weighted by Gasteiger charge is 2.30. The monoisotopic (exact) mass is 305 g/mol. The third-order valence-electron chi connectivity index (χ3n) is 1.57. The van der Waals surface area contributed by atoms with Gasteiger partial charge in [-0.2, -0.15) is 4.08 Å². The van der Waals surface area contributed by atoms with Crippen LogP contribution in [0.5, 0.6) is 0 Å². The van der Waals surface area contributed by atoms with Crippen molar-refractivity contribution in [3.05, 3.63) is 0 Å². The van der Waals surface area contributed by atoms with Crippen molar-refractivity contribution < 1.29 is 9.05 Å². The van der Waals surface area contributed by atoms with Crippen molar-refractivity contribution in [2.75, 3.05) is 19.8 Å². The maximum atomic E-state index is 5.55. The van der Waals surface area contributed by atoms with Crippen LogP contribution in [0, 0.1) is 0 Å². The molecule has 0 atom stereocenters. The van der Waals surface area contributed by atoms with Crippen molar-refractivity contribution in [1.82, 2.24) is 4.08 Å². The summed E-state index contributed by atoms with van der Waals surface area (Å²) in [5.74, 6) is 0. The molecule has 1 aliphatic rings. The molecule has 1 saturated heterocycles. The summed E-state index contributed by atoms with van der Waals surface area (Å²) in [5, 5.41) is 0. The highest BCUT2D eigenvalue weighted by Crippen LogP contribution is 2.58. The molecule has 78 valence electrons. The van der Waals surface area contributed by atoms with Gasteiger partial charge >= 0.3 is 0 Å². The predicted octanol–water partition coefficient (Wildman–Crippen LogP) is 3.32. The Morgan fingerprint density at radius 3 is 2.62 bits per heavy atom. The molecule has 1 aliphatic heterocycles. The molecule has 1 rings (SSSR count). The molecule has 0 bridgehead atoms. The second kappa shape index (κ2) is 6.05. The minimum Gasteiger partial charge on any atom is -0.317 e. The summed E-state index contributed by atoms with van der Waals surface area (Å²) < 4.78 is 13.1. The number of rotatable bonds is 4. The summed E-state index contributed by atoms with van der Waals surface area (Å²) in [6.07, 6.45) is 2.00. The molecule has 0 unspecified atom stereocenters. The van der Waals surface area contributed by atoms with Crippen LogP contribution >= 0.6 is 31.8 Å². The molecular formula is C6H13BrNO2PS2. The Labute approximate surface area is 96.1 Å². The lowest BCUT2D eigenvalue weighted by Gasteiger charge is -2.33. The van der Waals surface area contributed by atoms with Crippen LogP contribution in [0.4, 0.5) is 0 Å². The number of nitrogens with zero attached hydrogens (tertiary/aromatic N) is 1. The summed E-state index contributed by atoms with van der Waals surface area (Å²) in [6.45, 7) is 2.31. The van der Waals surface area contributed by atoms with Crippen LogP contribution in [0.15, 0.2) is 0 Å². The predicted molar refractivity (Wildman–Crippen MR) is 64.3 cm³/mol. The molecule has 13 heavy (non-hydrogen) atoms. The van der Waals surface area contributed by atoms with Gasteiger partial charge < -0.3 is 9.05 Å². The summed E-state index contributed by atoms with van der Waals surface area (Å²) in [5.41, 5.74) is 0. The molecule has 7 heteroatoms. The van der Waals surface area contributed by atoms with Crippen LogP contribution in [0.1, 0.15) is 19.8 Å². The van der Waals surface area contributed by atoms with E-state index in [0.717, 1.165) is 32.6 Å². The molecule has 0 aromatic heterocycles. The van der Waals surface area contributed by atoms with E-state index in [1.54, 1.807) is 0 Å². The molecule has 0 amide bonds. The first-order chi connectivity index (χ1) is 6.23. The smallest absolute Gasteiger partial charge is 0.274 e. The minimum atomic E-state index is -2.16. The highest BCUT2D eigenvalue weighted by atomic mass is 79.9. The Morgan fingerprint density at radius 2 is 2.15 bits per heavy atom. The van der Waals surface area contributed by atoms with Crippen LogP contribution in [-0.2, 0) is 20.9 Å². The number of hydrogen-bond acceptors (Lipinski definition) is 4. The van der Waals surface area contributed by atoms with Crippen molar-refractivity contribution >= 4 is 43.6 Å². The summed E-state index contributed by atoms with van der Waals surface area (Å²) in [6, 6.07) is 0. The molecule has 0 saturated carbocycles. The first-order valence-electron chi connectivity index (χ1n) is 4.19. The fourth-order valence-electron chi connectivity index (χ4n) is 0.971. The topological polar surface area (TPSA) is 21.7 Å². The molecule has 0 radical (unpaired) electrons. The van der Waals surface area contributed by atoms with Gasteiger partial charge in [-0.15, -0.1) is 0 Å². The summed E-state index contributed by atoms with van der Waals surface area (Å²) in [7, 11) is 1.44. The average molecular weight is 306 g/mol. The highest BCUT2D eigenvalue weighted by molar-refractivity contribution is 9.50. The van der Waals surface area contributed by atoms with Gasteiger partial charge in [0.25, 0.3) is 6.64 Å². The van der Waals surface area contributed by atoms with Gasteiger partial charge in [0.2, 0.25) is 0 Å². The van der Waals surface area contributed by atoms with Gasteiger partial charge in [-0.25, -0.2) is 0 Å². The summed E-state index contributed by atoms with van der Waals surface area (Å²) in [4.78, 5) is 0. The largest absolute Gasteiger partial charge is 0.317 e. The van der Waals surface area contributed by atoms with Gasteiger partial charge in [-0.3, -0.25) is 0 Å². The van der Waals surface area contributed by atoms with Crippen LogP contribution < -0.4 is 0 Å². The van der Waals surface area contributed by atoms with Gasteiger partial charge in [-0.05, 0) is 24.6 Å². The Balaban J connectivity index is 2.58. The van der Waals surface area contributed by atoms with E-state index in [4.69, 9.17) is 20.9 Å². The second-order valence-electron chi connectivity index (χ2n) is 2.63. The van der Waals surface area contributed by atoms with Crippen molar-refractivity contribution in [3.8, 4) is 0 Å². The van der Waals surface area contributed by atoms with Gasteiger partial charge in [0.05, 0.1) is 13.2 Å². The normalized spacial score (nSPS) is 22.1. The minimum absolute atomic E-state index is 0.727. The van der Waals surface area contributed by atoms with E-state index in [-0.39, 0.29) is 0 Å². The standard InChI is InChI=1S/C6H13BrNO2PS2/c1-2-4-8(13-7)11(12)9-5-3-6-10-11/h2-6H2,1H3. The Morgan fingerprint density at radius 1 is 1.54 bits per heavy atom. The maximum absolute atomic E-state index is 5.55. The fraction of sp³-hybridized carbons (Fsp3) is 1.00. The van der Waals surface area contributed by atoms with Crippen LogP contribution in [-0.4, -0.2) is 23.8 Å². The van der Waals surface area contributed by atoms with Crippen LogP contribution in [0.2, 0.25) is 0 Å². The molecule has 1 heterocycles. The molecule has 3 nitrogen and oxygen atoms in total. The maximum Gasteiger partial charge on any atom is 0.274 e. The second-order valence-corrected chi connectivity index (χ2v) is 7.67. The molecule has 1 fully saturated rings. The summed E-state index contributed by atoms with van der Waals surface area (Å²) >= 11 is 8.71. The van der Waals surface area contributed by atoms with Crippen molar-refractivity contribution in [1.29, 1.82) is 0 Å². The van der Waals surface area contributed by atoms with Gasteiger partial charge in [0, 0.05) is 31.7 Å². The third-order valence-corrected chi connectivity index (χ3v) is 7.82. The third kappa shape index (κ3) is 3.45. The molecular weight excluding hydrogens is 293 g/mol. The number of hydrogen-bond donors (Lipinski definition) is 0. The van der Waals surface area contributed by atoms with Crippen molar-refractivity contribution in [3.63, 3.8) is 0 Å². The van der Waals surface area contributed by atoms with E-state index in [2.05, 4.69) is 21.7 Å². The van der Waals surface area contributed by atoms with Gasteiger partial charge in [0.15, 0.2) is 0 Å². The van der Waals surface area contributed by atoms with E-state index in [1.165, 1.54) is 10.4 Å². The quantitative estimate of drug-likeness (QED) is 0.585. The van der Waals surface area contributed by atoms with Gasteiger partial charge in [-0.1, -0.05) is 6.92 Å². The SMILES string of the molecule is CCCN(SBr)P1(=S)OCCCO1. The zero-order valence-electron chi connectivity index (χ0n) is 7.44. The molecule has 0 aromatic carbocycles. The van der Waals surface area contributed by atoms with Crippen LogP contribution in [0.25, 0.3) is 0 Å². The van der Waals surface area contributed by atoms with Gasteiger partial charge in [0.1, 0.15) is 0 Å². The van der Waals surface area contributed by atoms with E-state index in [9.17, 15) is 0 Å². The Hall–Kier alpha value is 1.36. The van der Waals surface area contributed by atoms with E-state index >= 15 is 0 Å². The Bertz CT molecular complexity index is 197. The zero-order chi connectivity index (χ0) is 9.73. The average Bonchev–Trinajstić information content (AvgIpc) is 2.15. The van der Waals surface area contributed by atoms with E-state index in [0.29, 0.717) is 0 Å². The molecule has 0 aliphatic carbocycles. The lowest BCUT2D eigenvalue weighted by molar-refractivity contribution is 0.162.